The molecule has 0 aliphatic heterocycles. The standard InChI is InChI=1S/2C15H14N4O.2C7H6O3.2CH4O.Cu/c2*1-11-17-18-15(14-5-3-4-10-16-14)19(11)12-6-8-13(20-2)9-7-12;2*8-6-4-2-1-3-5(6)7(9)10;2*1-2;/h2*3-10H,1-2H3;2*1-4,8H,(H,9,10);2*2H,1H3;/q;;;;;;+2/p-2. The van der Waals surface area contributed by atoms with Gasteiger partial charge in [-0.3, -0.25) is 19.1 Å². The van der Waals surface area contributed by atoms with E-state index in [0.29, 0.717) is 0 Å². The molecule has 0 aliphatic carbocycles. The molecule has 0 atom stereocenters. The molecule has 0 fully saturated rings. The summed E-state index contributed by atoms with van der Waals surface area (Å²) >= 11 is 0. The predicted molar refractivity (Wildman–Crippen MR) is 234 cm³/mol. The normalized spacial score (nSPS) is 9.48. The summed E-state index contributed by atoms with van der Waals surface area (Å²) in [4.78, 5) is 29.1. The third-order valence-electron chi connectivity index (χ3n) is 8.33. The Kier molecular flexibility index (Phi) is 22.8. The molecule has 4 aromatic heterocycles. The molecule has 4 heterocycles. The second-order valence-corrected chi connectivity index (χ2v) is 12.2. The first kappa shape index (κ1) is 53.2. The van der Waals surface area contributed by atoms with Crippen molar-refractivity contribution in [2.45, 2.75) is 13.8 Å². The Bertz CT molecular complexity index is 2450. The predicted octanol–water partition coefficient (Wildman–Crippen LogP) is 5.42. The van der Waals surface area contributed by atoms with Gasteiger partial charge < -0.3 is 40.1 Å². The van der Waals surface area contributed by atoms with Crippen LogP contribution in [0.25, 0.3) is 34.4 Å². The summed E-state index contributed by atoms with van der Waals surface area (Å²) in [6.45, 7) is 3.84. The Hall–Kier alpha value is -7.96. The maximum absolute atomic E-state index is 10.7. The van der Waals surface area contributed by atoms with E-state index in [1.807, 2.05) is 108 Å². The van der Waals surface area contributed by atoms with Crippen LogP contribution < -0.4 is 19.7 Å². The Labute approximate surface area is 385 Å². The smallest absolute Gasteiger partial charge is 0.872 e. The van der Waals surface area contributed by atoms with Gasteiger partial charge in [0.05, 0.1) is 25.3 Å². The van der Waals surface area contributed by atoms with Gasteiger partial charge in [0.15, 0.2) is 11.6 Å². The first-order valence-electron chi connectivity index (χ1n) is 18.9. The molecule has 0 amide bonds. The van der Waals surface area contributed by atoms with Crippen LogP contribution in [-0.2, 0) is 17.1 Å². The van der Waals surface area contributed by atoms with E-state index in [9.17, 15) is 19.8 Å². The second-order valence-electron chi connectivity index (χ2n) is 12.2. The van der Waals surface area contributed by atoms with Gasteiger partial charge in [0.2, 0.25) is 0 Å². The molecule has 1 radical (unpaired) electrons. The summed E-state index contributed by atoms with van der Waals surface area (Å²) in [5.74, 6) is 1.48. The number of para-hydroxylation sites is 2. The van der Waals surface area contributed by atoms with Crippen molar-refractivity contribution in [2.75, 3.05) is 28.4 Å². The minimum Gasteiger partial charge on any atom is -0.872 e. The maximum Gasteiger partial charge on any atom is 2.00 e. The average molecular weight is 934 g/mol. The number of ether oxygens (including phenoxy) is 2. The van der Waals surface area contributed by atoms with E-state index in [2.05, 4.69) is 30.4 Å². The van der Waals surface area contributed by atoms with Crippen LogP contribution in [0.3, 0.4) is 0 Å². The van der Waals surface area contributed by atoms with Crippen molar-refractivity contribution in [2.24, 2.45) is 0 Å². The van der Waals surface area contributed by atoms with Crippen LogP contribution in [0.2, 0.25) is 0 Å². The average Bonchev–Trinajstić information content (AvgIpc) is 3.93. The van der Waals surface area contributed by atoms with Gasteiger partial charge in [0.1, 0.15) is 34.5 Å². The number of benzene rings is 4. The third-order valence-corrected chi connectivity index (χ3v) is 8.33. The monoisotopic (exact) mass is 933 g/mol. The number of aryl methyl sites for hydroxylation is 2. The van der Waals surface area contributed by atoms with E-state index < -0.39 is 23.4 Å². The first-order valence-corrected chi connectivity index (χ1v) is 18.9. The van der Waals surface area contributed by atoms with Gasteiger partial charge in [-0.15, -0.1) is 20.4 Å². The molecular formula is C46H46CuN8O10. The summed E-state index contributed by atoms with van der Waals surface area (Å²) in [5.41, 5.74) is 3.20. The van der Waals surface area contributed by atoms with Crippen molar-refractivity contribution in [3.05, 3.63) is 169 Å². The van der Waals surface area contributed by atoms with Crippen LogP contribution in [-0.4, -0.2) is 100 Å². The van der Waals surface area contributed by atoms with Crippen LogP contribution in [0, 0.1) is 13.8 Å². The van der Waals surface area contributed by atoms with E-state index in [4.69, 9.17) is 29.9 Å². The number of hydrogen-bond donors (Lipinski definition) is 4. The number of nitrogens with zero attached hydrogens (tertiary/aromatic N) is 8. The van der Waals surface area contributed by atoms with Crippen LogP contribution >= 0.6 is 0 Å². The number of carboxylic acids is 2. The number of rotatable bonds is 8. The zero-order valence-corrected chi connectivity index (χ0v) is 36.9. The quantitative estimate of drug-likeness (QED) is 0.139. The number of aromatic nitrogens is 8. The molecule has 341 valence electrons. The molecule has 4 N–H and O–H groups in total. The van der Waals surface area contributed by atoms with Crippen molar-refractivity contribution >= 4 is 11.9 Å². The molecule has 4 aromatic carbocycles. The number of aromatic carboxylic acids is 2. The molecule has 8 aromatic rings. The summed E-state index contributed by atoms with van der Waals surface area (Å²) in [7, 11) is 5.30. The largest absolute Gasteiger partial charge is 2.00 e. The van der Waals surface area contributed by atoms with Crippen molar-refractivity contribution < 1.29 is 66.8 Å². The molecule has 18 nitrogen and oxygen atoms in total. The van der Waals surface area contributed by atoms with E-state index in [-0.39, 0.29) is 28.2 Å². The molecule has 0 aliphatic rings. The van der Waals surface area contributed by atoms with Crippen molar-refractivity contribution in [3.8, 4) is 57.4 Å². The minimum absolute atomic E-state index is 0. The van der Waals surface area contributed by atoms with Crippen molar-refractivity contribution in [1.82, 2.24) is 39.5 Å². The molecule has 0 unspecified atom stereocenters. The van der Waals surface area contributed by atoms with Crippen LogP contribution in [0.15, 0.2) is 146 Å². The fourth-order valence-corrected chi connectivity index (χ4v) is 5.41. The van der Waals surface area contributed by atoms with E-state index in [1.54, 1.807) is 26.6 Å². The number of methoxy groups -OCH3 is 2. The van der Waals surface area contributed by atoms with Gasteiger partial charge in [-0.05, 0) is 98.8 Å². The van der Waals surface area contributed by atoms with Crippen LogP contribution in [0.4, 0.5) is 0 Å². The molecule has 0 spiro atoms. The molecule has 0 bridgehead atoms. The number of aliphatic hydroxyl groups is 2. The minimum atomic E-state index is -1.18. The van der Waals surface area contributed by atoms with Gasteiger partial charge >= 0.3 is 29.0 Å². The fourth-order valence-electron chi connectivity index (χ4n) is 5.41. The van der Waals surface area contributed by atoms with E-state index in [1.165, 1.54) is 48.5 Å². The van der Waals surface area contributed by atoms with E-state index >= 15 is 0 Å². The van der Waals surface area contributed by atoms with E-state index in [0.717, 1.165) is 71.8 Å². The number of hydrogen-bond acceptors (Lipinski definition) is 14. The van der Waals surface area contributed by atoms with Gasteiger partial charge in [-0.25, -0.2) is 9.59 Å². The Morgan fingerprint density at radius 3 is 1.08 bits per heavy atom. The number of aliphatic hydroxyl groups excluding tert-OH is 2. The summed E-state index contributed by atoms with van der Waals surface area (Å²) in [6, 6.07) is 38.1. The van der Waals surface area contributed by atoms with Crippen LogP contribution in [0.1, 0.15) is 32.4 Å². The second kappa shape index (κ2) is 27.9. The molecule has 8 rings (SSSR count). The fraction of sp³-hybridized carbons (Fsp3) is 0.130. The molecule has 65 heavy (non-hydrogen) atoms. The Morgan fingerprint density at radius 2 is 0.815 bits per heavy atom. The molecule has 0 saturated heterocycles. The number of carbonyl (C=O) groups is 2. The maximum atomic E-state index is 10.7. The zero-order chi connectivity index (χ0) is 47.0. The van der Waals surface area contributed by atoms with Gasteiger partial charge in [0.25, 0.3) is 0 Å². The van der Waals surface area contributed by atoms with Crippen molar-refractivity contribution in [1.29, 1.82) is 0 Å². The summed E-state index contributed by atoms with van der Waals surface area (Å²) < 4.78 is 14.3. The van der Waals surface area contributed by atoms with Crippen molar-refractivity contribution in [3.63, 3.8) is 0 Å². The number of pyridine rings is 2. The summed E-state index contributed by atoms with van der Waals surface area (Å²) in [5, 5.41) is 68.8. The summed E-state index contributed by atoms with van der Waals surface area (Å²) in [6.07, 6.45) is 3.50. The van der Waals surface area contributed by atoms with Gasteiger partial charge in [-0.2, -0.15) is 0 Å². The van der Waals surface area contributed by atoms with Gasteiger partial charge in [0, 0.05) is 38.0 Å². The Balaban J connectivity index is 0.000000302. The molecular weight excluding hydrogens is 888 g/mol. The van der Waals surface area contributed by atoms with Gasteiger partial charge in [-0.1, -0.05) is 60.0 Å². The first-order chi connectivity index (χ1) is 31.0. The molecule has 0 saturated carbocycles. The number of carboxylic acid groups (broad SMARTS) is 2. The van der Waals surface area contributed by atoms with Crippen LogP contribution in [0.5, 0.6) is 23.0 Å². The molecule has 19 heteroatoms. The third kappa shape index (κ3) is 15.1. The zero-order valence-electron chi connectivity index (χ0n) is 36.0. The SMILES string of the molecule is CO.CO.COc1ccc(-n2c(C)nnc2-c2ccccn2)cc1.COc1ccc(-n2c(C)nnc2-c2ccccn2)cc1.O=C(O)c1ccccc1[O-].O=C(O)c1ccccc1[O-].[Cu+2]. The Morgan fingerprint density at radius 1 is 0.492 bits per heavy atom. The topological polar surface area (TPSA) is 267 Å².